The Morgan fingerprint density at radius 3 is 2.76 bits per heavy atom. The summed E-state index contributed by atoms with van der Waals surface area (Å²) < 4.78 is 20.0. The van der Waals surface area contributed by atoms with Crippen molar-refractivity contribution in [1.82, 2.24) is 9.55 Å². The van der Waals surface area contributed by atoms with Gasteiger partial charge in [-0.05, 0) is 0 Å². The van der Waals surface area contributed by atoms with Crippen LogP contribution >= 0.6 is 0 Å². The third-order valence-corrected chi connectivity index (χ3v) is 2.76. The van der Waals surface area contributed by atoms with Crippen molar-refractivity contribution >= 4 is 17.3 Å². The Morgan fingerprint density at radius 2 is 2.24 bits per heavy atom. The number of nitro benzene ring substituents is 1. The highest BCUT2D eigenvalue weighted by Gasteiger charge is 2.21. The number of anilines is 1. The molecule has 0 bridgehead atoms. The number of aryl methyl sites for hydroxylation is 1. The monoisotopic (exact) mass is 294 g/mol. The van der Waals surface area contributed by atoms with Gasteiger partial charge >= 0.3 is 5.69 Å². The van der Waals surface area contributed by atoms with Crippen molar-refractivity contribution in [3.63, 3.8) is 0 Å². The smallest absolute Gasteiger partial charge is 0.313 e. The fourth-order valence-electron chi connectivity index (χ4n) is 1.71. The Labute approximate surface area is 118 Å². The molecule has 0 fully saturated rings. The molecule has 0 aliphatic carbocycles. The molecule has 2 aromatic rings. The highest BCUT2D eigenvalue weighted by Crippen LogP contribution is 2.32. The van der Waals surface area contributed by atoms with E-state index in [-0.39, 0.29) is 17.1 Å². The van der Waals surface area contributed by atoms with E-state index in [4.69, 9.17) is 4.74 Å². The molecule has 0 aliphatic heterocycles. The number of amides is 1. The highest BCUT2D eigenvalue weighted by molar-refractivity contribution is 6.03. The van der Waals surface area contributed by atoms with Crippen LogP contribution in [0.5, 0.6) is 5.75 Å². The van der Waals surface area contributed by atoms with Gasteiger partial charge in [-0.15, -0.1) is 0 Å². The fraction of sp³-hybridized carbons (Fsp3) is 0.167. The molecule has 0 aliphatic rings. The minimum atomic E-state index is -0.840. The molecule has 0 radical (unpaired) electrons. The number of imidazole rings is 1. The van der Waals surface area contributed by atoms with Crippen LogP contribution in [0.2, 0.25) is 0 Å². The van der Waals surface area contributed by atoms with Crippen LogP contribution in [0.3, 0.4) is 0 Å². The summed E-state index contributed by atoms with van der Waals surface area (Å²) in [5.41, 5.74) is -0.569. The number of benzene rings is 1. The summed E-state index contributed by atoms with van der Waals surface area (Å²) in [6, 6.07) is 1.75. The quantitative estimate of drug-likeness (QED) is 0.683. The van der Waals surface area contributed by atoms with Crippen molar-refractivity contribution in [2.45, 2.75) is 0 Å². The highest BCUT2D eigenvalue weighted by atomic mass is 19.1. The molecule has 0 atom stereocenters. The maximum atomic E-state index is 13.8. The molecule has 1 aromatic carbocycles. The number of ether oxygens (including phenoxy) is 1. The van der Waals surface area contributed by atoms with Gasteiger partial charge < -0.3 is 14.6 Å². The number of halogens is 1. The molecule has 0 saturated carbocycles. The third kappa shape index (κ3) is 2.81. The molecule has 110 valence electrons. The van der Waals surface area contributed by atoms with Crippen LogP contribution in [-0.2, 0) is 7.05 Å². The Bertz CT molecular complexity index is 713. The molecule has 21 heavy (non-hydrogen) atoms. The molecular formula is C12H11FN4O4. The molecule has 0 saturated heterocycles. The number of nitrogens with one attached hydrogen (secondary N) is 1. The first-order valence-electron chi connectivity index (χ1n) is 5.73. The molecule has 1 heterocycles. The molecule has 0 spiro atoms. The minimum Gasteiger partial charge on any atom is -0.490 e. The number of nitrogens with zero attached hydrogens (tertiary/aromatic N) is 3. The van der Waals surface area contributed by atoms with E-state index in [1.165, 1.54) is 24.2 Å². The Balaban J connectivity index is 2.36. The lowest BCUT2D eigenvalue weighted by atomic mass is 10.2. The summed E-state index contributed by atoms with van der Waals surface area (Å²) in [4.78, 5) is 25.9. The standard InChI is InChI=1S/C12H11FN4O4/c1-16-6-14-5-10(16)12(18)15-8-4-9(17(19)20)11(21-2)3-7(8)13/h3-6H,1-2H3,(H,15,18). The van der Waals surface area contributed by atoms with E-state index >= 15 is 0 Å². The van der Waals surface area contributed by atoms with E-state index < -0.39 is 22.3 Å². The van der Waals surface area contributed by atoms with Crippen molar-refractivity contribution in [2.75, 3.05) is 12.4 Å². The van der Waals surface area contributed by atoms with Crippen molar-refractivity contribution in [3.8, 4) is 5.75 Å². The minimum absolute atomic E-state index is 0.188. The molecule has 1 N–H and O–H groups in total. The summed E-state index contributed by atoms with van der Waals surface area (Å²) in [7, 11) is 2.78. The zero-order chi connectivity index (χ0) is 15.6. The van der Waals surface area contributed by atoms with Gasteiger partial charge in [0.15, 0.2) is 11.6 Å². The number of hydrogen-bond acceptors (Lipinski definition) is 5. The predicted octanol–water partition coefficient (Wildman–Crippen LogP) is 1.73. The maximum Gasteiger partial charge on any atom is 0.313 e. The third-order valence-electron chi connectivity index (χ3n) is 2.76. The Kier molecular flexibility index (Phi) is 3.83. The van der Waals surface area contributed by atoms with Gasteiger partial charge in [-0.2, -0.15) is 0 Å². The molecule has 2 rings (SSSR count). The summed E-state index contributed by atoms with van der Waals surface area (Å²) in [5, 5.41) is 13.2. The second-order valence-corrected chi connectivity index (χ2v) is 4.10. The zero-order valence-corrected chi connectivity index (χ0v) is 11.2. The molecule has 9 heteroatoms. The Morgan fingerprint density at radius 1 is 1.52 bits per heavy atom. The fourth-order valence-corrected chi connectivity index (χ4v) is 1.71. The second-order valence-electron chi connectivity index (χ2n) is 4.10. The number of methoxy groups -OCH3 is 1. The van der Waals surface area contributed by atoms with E-state index in [9.17, 15) is 19.3 Å². The van der Waals surface area contributed by atoms with E-state index in [2.05, 4.69) is 10.3 Å². The number of hydrogen-bond donors (Lipinski definition) is 1. The first kappa shape index (κ1) is 14.4. The van der Waals surface area contributed by atoms with Crippen molar-refractivity contribution in [3.05, 3.63) is 46.3 Å². The molecular weight excluding hydrogens is 283 g/mol. The van der Waals surface area contributed by atoms with Crippen LogP contribution in [-0.4, -0.2) is 27.5 Å². The maximum absolute atomic E-state index is 13.8. The van der Waals surface area contributed by atoms with Crippen LogP contribution in [0.4, 0.5) is 15.8 Å². The van der Waals surface area contributed by atoms with Gasteiger partial charge in [0.1, 0.15) is 5.69 Å². The summed E-state index contributed by atoms with van der Waals surface area (Å²) in [6.45, 7) is 0. The van der Waals surface area contributed by atoms with E-state index in [0.717, 1.165) is 12.1 Å². The van der Waals surface area contributed by atoms with Gasteiger partial charge in [-0.25, -0.2) is 9.37 Å². The normalized spacial score (nSPS) is 10.2. The topological polar surface area (TPSA) is 99.3 Å². The molecule has 1 amide bonds. The molecule has 8 nitrogen and oxygen atoms in total. The lowest BCUT2D eigenvalue weighted by molar-refractivity contribution is -0.385. The first-order chi connectivity index (χ1) is 9.93. The average Bonchev–Trinajstić information content (AvgIpc) is 2.86. The van der Waals surface area contributed by atoms with Gasteiger partial charge in [0.2, 0.25) is 0 Å². The van der Waals surface area contributed by atoms with E-state index in [0.29, 0.717) is 0 Å². The van der Waals surface area contributed by atoms with Crippen LogP contribution < -0.4 is 10.1 Å². The summed E-state index contributed by atoms with van der Waals surface area (Å²) in [5.74, 6) is -1.70. The average molecular weight is 294 g/mol. The number of rotatable bonds is 4. The summed E-state index contributed by atoms with van der Waals surface area (Å²) >= 11 is 0. The van der Waals surface area contributed by atoms with Gasteiger partial charge in [0.05, 0.1) is 30.2 Å². The van der Waals surface area contributed by atoms with Crippen molar-refractivity contribution < 1.29 is 18.8 Å². The number of nitro groups is 1. The van der Waals surface area contributed by atoms with Gasteiger partial charge in [0, 0.05) is 19.2 Å². The number of carbonyl (C=O) groups is 1. The zero-order valence-electron chi connectivity index (χ0n) is 11.2. The summed E-state index contributed by atoms with van der Waals surface area (Å²) in [6.07, 6.45) is 2.70. The van der Waals surface area contributed by atoms with Gasteiger partial charge in [0.25, 0.3) is 5.91 Å². The van der Waals surface area contributed by atoms with Crippen LogP contribution in [0, 0.1) is 15.9 Å². The SMILES string of the molecule is COc1cc(F)c(NC(=O)c2cncn2C)cc1[N+](=O)[O-]. The van der Waals surface area contributed by atoms with Crippen LogP contribution in [0.1, 0.15) is 10.5 Å². The largest absolute Gasteiger partial charge is 0.490 e. The van der Waals surface area contributed by atoms with Crippen molar-refractivity contribution in [2.24, 2.45) is 7.05 Å². The lowest BCUT2D eigenvalue weighted by Crippen LogP contribution is -2.16. The Hall–Kier alpha value is -2.97. The first-order valence-corrected chi connectivity index (χ1v) is 5.73. The van der Waals surface area contributed by atoms with Crippen LogP contribution in [0.15, 0.2) is 24.7 Å². The molecule has 0 unspecified atom stereocenters. The number of aromatic nitrogens is 2. The molecule has 1 aromatic heterocycles. The predicted molar refractivity (Wildman–Crippen MR) is 70.8 cm³/mol. The van der Waals surface area contributed by atoms with Crippen LogP contribution in [0.25, 0.3) is 0 Å². The van der Waals surface area contributed by atoms with Gasteiger partial charge in [-0.3, -0.25) is 14.9 Å². The second kappa shape index (κ2) is 5.57. The van der Waals surface area contributed by atoms with E-state index in [1.807, 2.05) is 0 Å². The van der Waals surface area contributed by atoms with Crippen molar-refractivity contribution in [1.29, 1.82) is 0 Å². The van der Waals surface area contributed by atoms with E-state index in [1.54, 1.807) is 7.05 Å². The van der Waals surface area contributed by atoms with Gasteiger partial charge in [-0.1, -0.05) is 0 Å². The number of carbonyl (C=O) groups excluding carboxylic acids is 1. The lowest BCUT2D eigenvalue weighted by Gasteiger charge is -2.08.